The molecule has 0 radical (unpaired) electrons. The van der Waals surface area contributed by atoms with Crippen molar-refractivity contribution < 1.29 is 22.9 Å². The first kappa shape index (κ1) is 19.3. The molecule has 0 spiro atoms. The molecule has 0 aromatic heterocycles. The summed E-state index contributed by atoms with van der Waals surface area (Å²) in [6, 6.07) is 17.2. The molecule has 144 valence electrons. The molecule has 0 saturated heterocycles. The van der Waals surface area contributed by atoms with Gasteiger partial charge in [-0.25, -0.2) is 8.42 Å². The van der Waals surface area contributed by atoms with Gasteiger partial charge >= 0.3 is 5.97 Å². The summed E-state index contributed by atoms with van der Waals surface area (Å²) < 4.78 is 32.0. The number of benzene rings is 3. The number of esters is 1. The highest BCUT2D eigenvalue weighted by molar-refractivity contribution is 7.93. The van der Waals surface area contributed by atoms with Crippen LogP contribution in [0.1, 0.15) is 0 Å². The predicted molar refractivity (Wildman–Crippen MR) is 104 cm³/mol. The highest BCUT2D eigenvalue weighted by atomic mass is 32.2. The third-order valence-electron chi connectivity index (χ3n) is 4.15. The van der Waals surface area contributed by atoms with Crippen molar-refractivity contribution in [3.8, 4) is 0 Å². The fraction of sp³-hybridized carbons (Fsp3) is 0.105. The van der Waals surface area contributed by atoms with Crippen LogP contribution in [0.3, 0.4) is 0 Å². The number of carbonyl (C=O) groups excluding carboxylic acids is 1. The maximum absolute atomic E-state index is 13.3. The second-order valence-electron chi connectivity index (χ2n) is 5.84. The van der Waals surface area contributed by atoms with Crippen LogP contribution in [0.2, 0.25) is 0 Å². The molecule has 3 aromatic rings. The summed E-state index contributed by atoms with van der Waals surface area (Å²) in [6.07, 6.45) is 0. The van der Waals surface area contributed by atoms with Crippen LogP contribution >= 0.6 is 0 Å². The topological polar surface area (TPSA) is 107 Å². The highest BCUT2D eigenvalue weighted by Crippen LogP contribution is 2.31. The summed E-state index contributed by atoms with van der Waals surface area (Å²) >= 11 is 0. The Morgan fingerprint density at radius 1 is 1.04 bits per heavy atom. The monoisotopic (exact) mass is 400 g/mol. The molecular weight excluding hydrogens is 384 g/mol. The normalized spacial score (nSPS) is 11.2. The Bertz CT molecular complexity index is 1160. The SMILES string of the molecule is COC(=O)CN(c1ccc2ccccc2c1)S(=O)(=O)c1ccccc1[N+](=O)[O-]. The molecule has 9 heteroatoms. The van der Waals surface area contributed by atoms with E-state index in [0.29, 0.717) is 0 Å². The lowest BCUT2D eigenvalue weighted by atomic mass is 10.1. The van der Waals surface area contributed by atoms with Crippen molar-refractivity contribution in [1.82, 2.24) is 0 Å². The smallest absolute Gasteiger partial charge is 0.326 e. The summed E-state index contributed by atoms with van der Waals surface area (Å²) in [5.41, 5.74) is -0.375. The lowest BCUT2D eigenvalue weighted by Crippen LogP contribution is -2.36. The van der Waals surface area contributed by atoms with Gasteiger partial charge in [-0.15, -0.1) is 0 Å². The quantitative estimate of drug-likeness (QED) is 0.357. The van der Waals surface area contributed by atoms with Crippen LogP contribution in [0.4, 0.5) is 11.4 Å². The van der Waals surface area contributed by atoms with Crippen LogP contribution < -0.4 is 4.31 Å². The first-order valence-corrected chi connectivity index (χ1v) is 9.60. The molecular formula is C19H16N2O6S. The predicted octanol–water partition coefficient (Wildman–Crippen LogP) is 3.12. The molecule has 0 unspecified atom stereocenters. The van der Waals surface area contributed by atoms with Gasteiger partial charge in [0.05, 0.1) is 17.7 Å². The molecule has 0 aliphatic heterocycles. The van der Waals surface area contributed by atoms with Crippen LogP contribution in [0.25, 0.3) is 10.8 Å². The molecule has 0 aliphatic carbocycles. The summed E-state index contributed by atoms with van der Waals surface area (Å²) in [4.78, 5) is 21.9. The number of nitrogens with zero attached hydrogens (tertiary/aromatic N) is 2. The zero-order valence-corrected chi connectivity index (χ0v) is 15.6. The number of para-hydroxylation sites is 1. The second kappa shape index (κ2) is 7.65. The number of methoxy groups -OCH3 is 1. The van der Waals surface area contributed by atoms with Crippen molar-refractivity contribution in [1.29, 1.82) is 0 Å². The maximum atomic E-state index is 13.3. The first-order valence-electron chi connectivity index (χ1n) is 8.16. The van der Waals surface area contributed by atoms with Crippen LogP contribution in [0, 0.1) is 10.1 Å². The van der Waals surface area contributed by atoms with Gasteiger partial charge < -0.3 is 4.74 Å². The lowest BCUT2D eigenvalue weighted by Gasteiger charge is -2.23. The number of nitro groups is 1. The van der Waals surface area contributed by atoms with Crippen molar-refractivity contribution in [3.05, 3.63) is 76.8 Å². The van der Waals surface area contributed by atoms with Gasteiger partial charge in [-0.1, -0.05) is 42.5 Å². The van der Waals surface area contributed by atoms with E-state index in [1.54, 1.807) is 24.3 Å². The van der Waals surface area contributed by atoms with E-state index in [1.807, 2.05) is 12.1 Å². The van der Waals surface area contributed by atoms with E-state index in [4.69, 9.17) is 0 Å². The molecule has 0 N–H and O–H groups in total. The minimum absolute atomic E-state index is 0.197. The minimum atomic E-state index is -4.41. The van der Waals surface area contributed by atoms with Gasteiger partial charge in [-0.05, 0) is 29.0 Å². The minimum Gasteiger partial charge on any atom is -0.468 e. The first-order chi connectivity index (χ1) is 13.3. The molecule has 28 heavy (non-hydrogen) atoms. The Balaban J connectivity index is 2.19. The number of carbonyl (C=O) groups is 1. The standard InChI is InChI=1S/C19H16N2O6S/c1-27-19(22)13-20(16-11-10-14-6-2-3-7-15(14)12-16)28(25,26)18-9-5-4-8-17(18)21(23)24/h2-12H,13H2,1H3. The maximum Gasteiger partial charge on any atom is 0.326 e. The van der Waals surface area contributed by atoms with Crippen molar-refractivity contribution >= 4 is 38.1 Å². The number of hydrogen-bond acceptors (Lipinski definition) is 6. The molecule has 0 aliphatic rings. The molecule has 3 rings (SSSR count). The van der Waals surface area contributed by atoms with Crippen molar-refractivity contribution in [3.63, 3.8) is 0 Å². The van der Waals surface area contributed by atoms with Crippen LogP contribution in [-0.4, -0.2) is 33.0 Å². The Labute approximate surface area is 161 Å². The Morgan fingerprint density at radius 2 is 1.68 bits per heavy atom. The molecule has 0 heterocycles. The van der Waals surface area contributed by atoms with Gasteiger partial charge in [0.2, 0.25) is 0 Å². The number of rotatable bonds is 6. The van der Waals surface area contributed by atoms with Gasteiger partial charge in [0, 0.05) is 6.07 Å². The molecule has 0 atom stereocenters. The lowest BCUT2D eigenvalue weighted by molar-refractivity contribution is -0.387. The van der Waals surface area contributed by atoms with E-state index in [2.05, 4.69) is 4.74 Å². The number of fused-ring (bicyclic) bond motifs is 1. The van der Waals surface area contributed by atoms with E-state index in [1.165, 1.54) is 18.2 Å². The number of nitro benzene ring substituents is 1. The Kier molecular flexibility index (Phi) is 5.27. The third-order valence-corrected chi connectivity index (χ3v) is 5.97. The zero-order valence-electron chi connectivity index (χ0n) is 14.8. The average molecular weight is 400 g/mol. The number of ether oxygens (including phenoxy) is 1. The summed E-state index contributed by atoms with van der Waals surface area (Å²) in [5.74, 6) is -0.796. The number of hydrogen-bond donors (Lipinski definition) is 0. The van der Waals surface area contributed by atoms with Crippen molar-refractivity contribution in [2.24, 2.45) is 0 Å². The average Bonchev–Trinajstić information content (AvgIpc) is 2.71. The largest absolute Gasteiger partial charge is 0.468 e. The Hall–Kier alpha value is -3.46. The van der Waals surface area contributed by atoms with Gasteiger partial charge in [0.1, 0.15) is 6.54 Å². The second-order valence-corrected chi connectivity index (χ2v) is 7.67. The fourth-order valence-electron chi connectivity index (χ4n) is 2.77. The highest BCUT2D eigenvalue weighted by Gasteiger charge is 2.33. The summed E-state index contributed by atoms with van der Waals surface area (Å²) in [6.45, 7) is -0.622. The third kappa shape index (κ3) is 3.65. The Morgan fingerprint density at radius 3 is 2.36 bits per heavy atom. The van der Waals surface area contributed by atoms with Crippen molar-refractivity contribution in [2.45, 2.75) is 4.90 Å². The molecule has 3 aromatic carbocycles. The van der Waals surface area contributed by atoms with E-state index in [9.17, 15) is 23.3 Å². The zero-order chi connectivity index (χ0) is 20.3. The van der Waals surface area contributed by atoms with E-state index < -0.39 is 38.0 Å². The van der Waals surface area contributed by atoms with E-state index >= 15 is 0 Å². The van der Waals surface area contributed by atoms with Crippen LogP contribution in [0.5, 0.6) is 0 Å². The molecule has 0 bridgehead atoms. The van der Waals surface area contributed by atoms with Crippen molar-refractivity contribution in [2.75, 3.05) is 18.0 Å². The van der Waals surface area contributed by atoms with E-state index in [-0.39, 0.29) is 5.69 Å². The van der Waals surface area contributed by atoms with Crippen LogP contribution in [-0.2, 0) is 19.6 Å². The van der Waals surface area contributed by atoms with E-state index in [0.717, 1.165) is 34.3 Å². The summed E-state index contributed by atoms with van der Waals surface area (Å²) in [5, 5.41) is 13.0. The van der Waals surface area contributed by atoms with Gasteiger partial charge in [0.25, 0.3) is 15.7 Å². The number of anilines is 1. The number of sulfonamides is 1. The molecule has 0 fully saturated rings. The van der Waals surface area contributed by atoms with Gasteiger partial charge in [0.15, 0.2) is 4.90 Å². The fourth-order valence-corrected chi connectivity index (χ4v) is 4.33. The molecule has 8 nitrogen and oxygen atoms in total. The molecule has 0 amide bonds. The summed E-state index contributed by atoms with van der Waals surface area (Å²) in [7, 11) is -3.28. The van der Waals surface area contributed by atoms with Crippen LogP contribution in [0.15, 0.2) is 71.6 Å². The van der Waals surface area contributed by atoms with Gasteiger partial charge in [-0.2, -0.15) is 0 Å². The molecule has 0 saturated carbocycles. The van der Waals surface area contributed by atoms with Gasteiger partial charge in [-0.3, -0.25) is 19.2 Å².